The summed E-state index contributed by atoms with van der Waals surface area (Å²) in [6.45, 7) is 6.10. The molecule has 1 unspecified atom stereocenters. The van der Waals surface area contributed by atoms with Gasteiger partial charge in [-0.2, -0.15) is 0 Å². The molecule has 0 amide bonds. The molecule has 0 fully saturated rings. The Balaban J connectivity index is 2.50. The van der Waals surface area contributed by atoms with E-state index in [2.05, 4.69) is 28.1 Å². The van der Waals surface area contributed by atoms with Crippen molar-refractivity contribution in [3.8, 4) is 0 Å². The number of aliphatic hydroxyl groups is 1. The van der Waals surface area contributed by atoms with Gasteiger partial charge in [0, 0.05) is 4.47 Å². The van der Waals surface area contributed by atoms with Crippen molar-refractivity contribution in [1.29, 1.82) is 0 Å². The van der Waals surface area contributed by atoms with Crippen LogP contribution in [-0.2, 0) is 0 Å². The van der Waals surface area contributed by atoms with Crippen LogP contribution in [-0.4, -0.2) is 5.11 Å². The van der Waals surface area contributed by atoms with Gasteiger partial charge in [0.2, 0.25) is 0 Å². The minimum atomic E-state index is -0.557. The quantitative estimate of drug-likeness (QED) is 0.868. The molecular weight excluding hydrogens is 288 g/mol. The highest BCUT2D eigenvalue weighted by Crippen LogP contribution is 2.30. The summed E-state index contributed by atoms with van der Waals surface area (Å²) in [5, 5.41) is 10.6. The van der Waals surface area contributed by atoms with Crippen molar-refractivity contribution in [3.63, 3.8) is 0 Å². The first-order valence-electron chi connectivity index (χ1n) is 6.01. The first kappa shape index (κ1) is 13.3. The van der Waals surface area contributed by atoms with Crippen molar-refractivity contribution in [2.45, 2.75) is 26.9 Å². The Labute approximate surface area is 117 Å². The molecule has 2 heteroatoms. The van der Waals surface area contributed by atoms with Gasteiger partial charge in [0.05, 0.1) is 0 Å². The van der Waals surface area contributed by atoms with Crippen LogP contribution in [0, 0.1) is 20.8 Å². The molecule has 0 aromatic heterocycles. The van der Waals surface area contributed by atoms with Crippen LogP contribution in [0.3, 0.4) is 0 Å². The normalized spacial score (nSPS) is 12.5. The SMILES string of the molecule is Cc1cc(C(O)c2ccccc2C)c(C)cc1Br. The molecule has 0 bridgehead atoms. The highest BCUT2D eigenvalue weighted by atomic mass is 79.9. The Kier molecular flexibility index (Phi) is 3.88. The number of hydrogen-bond donors (Lipinski definition) is 1. The summed E-state index contributed by atoms with van der Waals surface area (Å²) in [5.74, 6) is 0. The molecule has 0 saturated carbocycles. The largest absolute Gasteiger partial charge is 0.384 e. The van der Waals surface area contributed by atoms with Gasteiger partial charge in [0.1, 0.15) is 6.10 Å². The van der Waals surface area contributed by atoms with Gasteiger partial charge in [-0.15, -0.1) is 0 Å². The highest BCUT2D eigenvalue weighted by Gasteiger charge is 2.15. The topological polar surface area (TPSA) is 20.2 Å². The minimum absolute atomic E-state index is 0.557. The Morgan fingerprint density at radius 3 is 2.22 bits per heavy atom. The molecule has 1 N–H and O–H groups in total. The zero-order chi connectivity index (χ0) is 13.3. The molecule has 0 aliphatic carbocycles. The van der Waals surface area contributed by atoms with E-state index in [0.717, 1.165) is 32.3 Å². The van der Waals surface area contributed by atoms with E-state index < -0.39 is 6.10 Å². The second-order valence-corrected chi connectivity index (χ2v) is 5.57. The summed E-state index contributed by atoms with van der Waals surface area (Å²) in [7, 11) is 0. The van der Waals surface area contributed by atoms with Crippen LogP contribution in [0.15, 0.2) is 40.9 Å². The van der Waals surface area contributed by atoms with Gasteiger partial charge in [-0.05, 0) is 54.7 Å². The average Bonchev–Trinajstić information content (AvgIpc) is 2.33. The molecule has 0 saturated heterocycles. The average molecular weight is 305 g/mol. The number of hydrogen-bond acceptors (Lipinski definition) is 1. The van der Waals surface area contributed by atoms with Crippen LogP contribution >= 0.6 is 15.9 Å². The van der Waals surface area contributed by atoms with Crippen molar-refractivity contribution < 1.29 is 5.11 Å². The van der Waals surface area contributed by atoms with Crippen LogP contribution < -0.4 is 0 Å². The van der Waals surface area contributed by atoms with Crippen molar-refractivity contribution in [3.05, 3.63) is 68.7 Å². The number of benzene rings is 2. The maximum Gasteiger partial charge on any atom is 0.105 e. The molecule has 0 spiro atoms. The third kappa shape index (κ3) is 2.50. The molecule has 2 aromatic carbocycles. The Morgan fingerprint density at radius 2 is 1.56 bits per heavy atom. The summed E-state index contributed by atoms with van der Waals surface area (Å²) >= 11 is 3.52. The zero-order valence-corrected chi connectivity index (χ0v) is 12.5. The second-order valence-electron chi connectivity index (χ2n) is 4.72. The van der Waals surface area contributed by atoms with Crippen LogP contribution in [0.25, 0.3) is 0 Å². The van der Waals surface area contributed by atoms with Crippen molar-refractivity contribution in [2.75, 3.05) is 0 Å². The van der Waals surface area contributed by atoms with E-state index in [4.69, 9.17) is 0 Å². The lowest BCUT2D eigenvalue weighted by atomic mass is 9.93. The molecule has 1 nitrogen and oxygen atoms in total. The molecule has 0 aliphatic heterocycles. The Bertz CT molecular complexity index is 575. The van der Waals surface area contributed by atoms with Gasteiger partial charge < -0.3 is 5.11 Å². The third-order valence-electron chi connectivity index (χ3n) is 3.32. The molecule has 0 radical (unpaired) electrons. The van der Waals surface area contributed by atoms with Gasteiger partial charge in [-0.25, -0.2) is 0 Å². The van der Waals surface area contributed by atoms with E-state index >= 15 is 0 Å². The molecule has 18 heavy (non-hydrogen) atoms. The fourth-order valence-electron chi connectivity index (χ4n) is 2.16. The Hall–Kier alpha value is -1.12. The van der Waals surface area contributed by atoms with E-state index in [1.165, 1.54) is 0 Å². The standard InChI is InChI=1S/C16H17BrO/c1-10-6-4-5-7-13(10)16(18)14-8-12(3)15(17)9-11(14)2/h4-9,16,18H,1-3H3. The first-order chi connectivity index (χ1) is 8.50. The lowest BCUT2D eigenvalue weighted by Crippen LogP contribution is -2.04. The maximum atomic E-state index is 10.6. The monoisotopic (exact) mass is 304 g/mol. The van der Waals surface area contributed by atoms with Gasteiger partial charge in [0.15, 0.2) is 0 Å². The number of halogens is 1. The van der Waals surface area contributed by atoms with E-state index in [9.17, 15) is 5.11 Å². The molecule has 94 valence electrons. The minimum Gasteiger partial charge on any atom is -0.384 e. The lowest BCUT2D eigenvalue weighted by molar-refractivity contribution is 0.218. The summed E-state index contributed by atoms with van der Waals surface area (Å²) in [5.41, 5.74) is 5.31. The predicted octanol–water partition coefficient (Wildman–Crippen LogP) is 4.46. The maximum absolute atomic E-state index is 10.6. The predicted molar refractivity (Wildman–Crippen MR) is 78.9 cm³/mol. The fourth-order valence-corrected chi connectivity index (χ4v) is 2.62. The van der Waals surface area contributed by atoms with Gasteiger partial charge in [0.25, 0.3) is 0 Å². The molecule has 2 aromatic rings. The van der Waals surface area contributed by atoms with Crippen LogP contribution in [0.1, 0.15) is 33.9 Å². The number of aliphatic hydroxyl groups excluding tert-OH is 1. The van der Waals surface area contributed by atoms with Crippen LogP contribution in [0.5, 0.6) is 0 Å². The van der Waals surface area contributed by atoms with Crippen molar-refractivity contribution in [1.82, 2.24) is 0 Å². The third-order valence-corrected chi connectivity index (χ3v) is 4.18. The van der Waals surface area contributed by atoms with Gasteiger partial charge in [-0.1, -0.05) is 46.3 Å². The van der Waals surface area contributed by atoms with E-state index in [1.54, 1.807) is 0 Å². The molecule has 2 rings (SSSR count). The smallest absolute Gasteiger partial charge is 0.105 e. The van der Waals surface area contributed by atoms with E-state index in [1.807, 2.05) is 45.0 Å². The van der Waals surface area contributed by atoms with E-state index in [-0.39, 0.29) is 0 Å². The molecule has 1 atom stereocenters. The molecule has 0 aliphatic rings. The van der Waals surface area contributed by atoms with Crippen molar-refractivity contribution in [2.24, 2.45) is 0 Å². The van der Waals surface area contributed by atoms with Crippen molar-refractivity contribution >= 4 is 15.9 Å². The van der Waals surface area contributed by atoms with Crippen LogP contribution in [0.2, 0.25) is 0 Å². The molecular formula is C16H17BrO. The fraction of sp³-hybridized carbons (Fsp3) is 0.250. The van der Waals surface area contributed by atoms with Gasteiger partial charge >= 0.3 is 0 Å². The Morgan fingerprint density at radius 1 is 0.889 bits per heavy atom. The lowest BCUT2D eigenvalue weighted by Gasteiger charge is -2.17. The van der Waals surface area contributed by atoms with Gasteiger partial charge in [-0.3, -0.25) is 0 Å². The van der Waals surface area contributed by atoms with E-state index in [0.29, 0.717) is 0 Å². The first-order valence-corrected chi connectivity index (χ1v) is 6.80. The second kappa shape index (κ2) is 5.25. The highest BCUT2D eigenvalue weighted by molar-refractivity contribution is 9.10. The number of rotatable bonds is 2. The summed E-state index contributed by atoms with van der Waals surface area (Å²) in [6, 6.07) is 12.1. The summed E-state index contributed by atoms with van der Waals surface area (Å²) in [6.07, 6.45) is -0.557. The zero-order valence-electron chi connectivity index (χ0n) is 10.9. The molecule has 0 heterocycles. The number of aryl methyl sites for hydroxylation is 3. The summed E-state index contributed by atoms with van der Waals surface area (Å²) < 4.78 is 1.08. The van der Waals surface area contributed by atoms with Crippen LogP contribution in [0.4, 0.5) is 0 Å². The summed E-state index contributed by atoms with van der Waals surface area (Å²) in [4.78, 5) is 0.